The van der Waals surface area contributed by atoms with E-state index in [1.54, 1.807) is 11.3 Å². The molecule has 0 saturated heterocycles. The van der Waals surface area contributed by atoms with Gasteiger partial charge in [0, 0.05) is 24.3 Å². The van der Waals surface area contributed by atoms with Crippen LogP contribution in [0.15, 0.2) is 24.3 Å². The van der Waals surface area contributed by atoms with Gasteiger partial charge in [-0.15, -0.1) is 11.3 Å². The first-order valence-corrected chi connectivity index (χ1v) is 10.6. The van der Waals surface area contributed by atoms with Crippen LogP contribution in [0.5, 0.6) is 0 Å². The fraction of sp³-hybridized carbons (Fsp3) is 0.524. The second-order valence-electron chi connectivity index (χ2n) is 7.36. The number of rotatable bonds is 7. The highest BCUT2D eigenvalue weighted by molar-refractivity contribution is 7.11. The Morgan fingerprint density at radius 3 is 2.61 bits per heavy atom. The summed E-state index contributed by atoms with van der Waals surface area (Å²) in [5.41, 5.74) is 1.33. The number of benzene rings is 1. The first-order valence-electron chi connectivity index (χ1n) is 9.74. The number of alkyl halides is 3. The third kappa shape index (κ3) is 5.56. The van der Waals surface area contributed by atoms with E-state index in [0.29, 0.717) is 6.54 Å². The predicted molar refractivity (Wildman–Crippen MR) is 105 cm³/mol. The van der Waals surface area contributed by atoms with Crippen LogP contribution in [0, 0.1) is 0 Å². The van der Waals surface area contributed by atoms with Crippen LogP contribution in [0.2, 0.25) is 0 Å². The molecule has 1 aromatic heterocycles. The van der Waals surface area contributed by atoms with Crippen LogP contribution in [0.4, 0.5) is 13.2 Å². The van der Waals surface area contributed by atoms with Crippen molar-refractivity contribution in [3.8, 4) is 0 Å². The van der Waals surface area contributed by atoms with E-state index in [-0.39, 0.29) is 18.2 Å². The van der Waals surface area contributed by atoms with E-state index in [0.717, 1.165) is 48.4 Å². The van der Waals surface area contributed by atoms with Crippen molar-refractivity contribution >= 4 is 17.2 Å². The van der Waals surface area contributed by atoms with Crippen molar-refractivity contribution in [2.24, 2.45) is 0 Å². The van der Waals surface area contributed by atoms with Crippen LogP contribution in [0.1, 0.15) is 65.2 Å². The molecular formula is C21H25F3N2OS. The third-order valence-electron chi connectivity index (χ3n) is 5.08. The Morgan fingerprint density at radius 1 is 1.21 bits per heavy atom. The summed E-state index contributed by atoms with van der Waals surface area (Å²) in [6, 6.07) is 5.03. The number of aromatic nitrogens is 1. The Bertz CT molecular complexity index is 775. The largest absolute Gasteiger partial charge is 0.416 e. The number of nitrogens with one attached hydrogen (secondary N) is 1. The summed E-state index contributed by atoms with van der Waals surface area (Å²) in [5.74, 6) is -0.209. The van der Waals surface area contributed by atoms with Gasteiger partial charge in [0.1, 0.15) is 0 Å². The van der Waals surface area contributed by atoms with Crippen molar-refractivity contribution < 1.29 is 18.0 Å². The van der Waals surface area contributed by atoms with Gasteiger partial charge >= 0.3 is 6.18 Å². The van der Waals surface area contributed by atoms with Crippen LogP contribution in [0.25, 0.3) is 0 Å². The first-order chi connectivity index (χ1) is 13.3. The lowest BCUT2D eigenvalue weighted by atomic mass is 9.96. The second kappa shape index (κ2) is 9.07. The molecule has 1 aromatic carbocycles. The lowest BCUT2D eigenvalue weighted by Gasteiger charge is -2.13. The summed E-state index contributed by atoms with van der Waals surface area (Å²) in [5, 5.41) is 4.06. The molecule has 3 nitrogen and oxygen atoms in total. The van der Waals surface area contributed by atoms with Crippen molar-refractivity contribution in [3.63, 3.8) is 0 Å². The van der Waals surface area contributed by atoms with Gasteiger partial charge in [0.25, 0.3) is 0 Å². The minimum absolute atomic E-state index is 0.0779. The molecule has 152 valence electrons. The number of carbonyl (C=O) groups is 1. The molecule has 1 N–H and O–H groups in total. The van der Waals surface area contributed by atoms with E-state index < -0.39 is 11.7 Å². The number of fused-ring (bicyclic) bond motifs is 1. The van der Waals surface area contributed by atoms with Crippen LogP contribution in [0.3, 0.4) is 0 Å². The molecule has 1 atom stereocenters. The van der Waals surface area contributed by atoms with E-state index in [1.807, 2.05) is 6.92 Å². The van der Waals surface area contributed by atoms with Crippen molar-refractivity contribution in [2.45, 2.75) is 64.0 Å². The second-order valence-corrected chi connectivity index (χ2v) is 8.53. The van der Waals surface area contributed by atoms with Crippen LogP contribution in [-0.2, 0) is 30.2 Å². The molecule has 1 heterocycles. The van der Waals surface area contributed by atoms with Gasteiger partial charge in [-0.1, -0.05) is 19.1 Å². The number of thiazole rings is 1. The Morgan fingerprint density at radius 2 is 1.93 bits per heavy atom. The lowest BCUT2D eigenvalue weighted by Crippen LogP contribution is -2.25. The molecule has 0 radical (unpaired) electrons. The zero-order chi connectivity index (χ0) is 20.1. The summed E-state index contributed by atoms with van der Waals surface area (Å²) in [6.45, 7) is 2.44. The molecule has 1 aliphatic rings. The molecule has 0 bridgehead atoms. The van der Waals surface area contributed by atoms with Crippen molar-refractivity contribution in [1.82, 2.24) is 10.3 Å². The number of nitrogens with zero attached hydrogens (tertiary/aromatic N) is 1. The highest BCUT2D eigenvalue weighted by Crippen LogP contribution is 2.30. The number of hydrogen-bond donors (Lipinski definition) is 1. The smallest absolute Gasteiger partial charge is 0.356 e. The summed E-state index contributed by atoms with van der Waals surface area (Å²) in [4.78, 5) is 18.3. The highest BCUT2D eigenvalue weighted by Gasteiger charge is 2.30. The van der Waals surface area contributed by atoms with Gasteiger partial charge in [0.2, 0.25) is 5.91 Å². The standard InChI is InChI=1S/C21H25F3N2OS/c1-14(15-8-10-16(11-9-15)21(22,23)24)13-19(27)25-12-4-7-20-26-17-5-2-3-6-18(17)28-20/h8-11,14H,2-7,12-13H2,1H3,(H,25,27). The molecule has 0 saturated carbocycles. The van der Waals surface area contributed by atoms with E-state index in [4.69, 9.17) is 4.98 Å². The Kier molecular flexibility index (Phi) is 6.75. The van der Waals surface area contributed by atoms with Crippen molar-refractivity contribution in [2.75, 3.05) is 6.54 Å². The monoisotopic (exact) mass is 410 g/mol. The van der Waals surface area contributed by atoms with E-state index >= 15 is 0 Å². The molecule has 1 aliphatic carbocycles. The van der Waals surface area contributed by atoms with Crippen molar-refractivity contribution in [3.05, 3.63) is 51.0 Å². The Hall–Kier alpha value is -1.89. The van der Waals surface area contributed by atoms with Gasteiger partial charge in [-0.25, -0.2) is 4.98 Å². The number of hydrogen-bond acceptors (Lipinski definition) is 3. The molecule has 0 fully saturated rings. The molecule has 2 aromatic rings. The first kappa shape index (κ1) is 20.8. The topological polar surface area (TPSA) is 42.0 Å². The number of carbonyl (C=O) groups excluding carboxylic acids is 1. The number of amides is 1. The van der Waals surface area contributed by atoms with E-state index in [9.17, 15) is 18.0 Å². The highest BCUT2D eigenvalue weighted by atomic mass is 32.1. The van der Waals surface area contributed by atoms with E-state index in [1.165, 1.54) is 35.5 Å². The molecule has 0 aliphatic heterocycles. The van der Waals surface area contributed by atoms with Gasteiger partial charge in [0.15, 0.2) is 0 Å². The van der Waals surface area contributed by atoms with E-state index in [2.05, 4.69) is 5.32 Å². The zero-order valence-electron chi connectivity index (χ0n) is 15.9. The maximum Gasteiger partial charge on any atom is 0.416 e. The summed E-state index contributed by atoms with van der Waals surface area (Å²) in [6.07, 6.45) is 2.34. The van der Waals surface area contributed by atoms with Gasteiger partial charge in [-0.2, -0.15) is 13.2 Å². The Labute approximate surface area is 167 Å². The van der Waals surface area contributed by atoms with Gasteiger partial charge in [0.05, 0.1) is 16.3 Å². The van der Waals surface area contributed by atoms with Gasteiger partial charge in [-0.3, -0.25) is 4.79 Å². The quantitative estimate of drug-likeness (QED) is 0.631. The van der Waals surface area contributed by atoms with Crippen LogP contribution < -0.4 is 5.32 Å². The molecule has 28 heavy (non-hydrogen) atoms. The molecule has 3 rings (SSSR count). The average Bonchev–Trinajstić information content (AvgIpc) is 3.07. The minimum atomic E-state index is -4.34. The number of halogens is 3. The normalized spacial score (nSPS) is 15.1. The lowest BCUT2D eigenvalue weighted by molar-refractivity contribution is -0.137. The van der Waals surface area contributed by atoms with Crippen molar-refractivity contribution in [1.29, 1.82) is 0 Å². The third-order valence-corrected chi connectivity index (χ3v) is 6.30. The average molecular weight is 411 g/mol. The van der Waals surface area contributed by atoms with Crippen LogP contribution >= 0.6 is 11.3 Å². The van der Waals surface area contributed by atoms with Crippen LogP contribution in [-0.4, -0.2) is 17.4 Å². The minimum Gasteiger partial charge on any atom is -0.356 e. The molecular weight excluding hydrogens is 385 g/mol. The Balaban J connectivity index is 1.39. The fourth-order valence-electron chi connectivity index (χ4n) is 3.45. The molecule has 0 spiro atoms. The SMILES string of the molecule is CC(CC(=O)NCCCc1nc2c(s1)CCCC2)c1ccc(C(F)(F)F)cc1. The number of aryl methyl sites for hydroxylation is 3. The van der Waals surface area contributed by atoms with Gasteiger partial charge < -0.3 is 5.32 Å². The predicted octanol–water partition coefficient (Wildman–Crippen LogP) is 5.28. The maximum atomic E-state index is 12.6. The summed E-state index contributed by atoms with van der Waals surface area (Å²) < 4.78 is 37.9. The molecule has 1 unspecified atom stereocenters. The maximum absolute atomic E-state index is 12.6. The summed E-state index contributed by atoms with van der Waals surface area (Å²) in [7, 11) is 0. The fourth-order valence-corrected chi connectivity index (χ4v) is 4.65. The molecule has 7 heteroatoms. The zero-order valence-corrected chi connectivity index (χ0v) is 16.8. The van der Waals surface area contributed by atoms with Gasteiger partial charge in [-0.05, 0) is 55.7 Å². The summed E-state index contributed by atoms with van der Waals surface area (Å²) >= 11 is 1.80. The molecule has 1 amide bonds.